The van der Waals surface area contributed by atoms with E-state index in [9.17, 15) is 14.7 Å². The summed E-state index contributed by atoms with van der Waals surface area (Å²) in [7, 11) is 0. The molecule has 1 unspecified atom stereocenters. The number of ketones is 1. The molecule has 5 rings (SSSR count). The number of fused-ring (bicyclic) bond motifs is 1. The van der Waals surface area contributed by atoms with E-state index < -0.39 is 17.7 Å². The fourth-order valence-corrected chi connectivity index (χ4v) is 5.27. The SMILES string of the molecule is CCOc1cccc(C2/C(=C(/O)c3c[nH]c4ccccc34)C(=O)C(=O)N2C2CCCCC2)c1. The molecule has 6 heteroatoms. The van der Waals surface area contributed by atoms with Crippen LogP contribution in [-0.4, -0.2) is 39.3 Å². The molecule has 1 saturated heterocycles. The van der Waals surface area contributed by atoms with Crippen molar-refractivity contribution in [3.63, 3.8) is 0 Å². The summed E-state index contributed by atoms with van der Waals surface area (Å²) in [6.07, 6.45) is 6.62. The van der Waals surface area contributed by atoms with Crippen LogP contribution in [0.4, 0.5) is 0 Å². The average molecular weight is 445 g/mol. The van der Waals surface area contributed by atoms with Gasteiger partial charge in [-0.05, 0) is 43.5 Å². The molecule has 1 amide bonds. The third kappa shape index (κ3) is 3.69. The Labute approximate surface area is 192 Å². The lowest BCUT2D eigenvalue weighted by atomic mass is 9.91. The zero-order valence-corrected chi connectivity index (χ0v) is 18.7. The number of nitrogens with zero attached hydrogens (tertiary/aromatic N) is 1. The van der Waals surface area contributed by atoms with E-state index in [1.54, 1.807) is 11.1 Å². The number of para-hydroxylation sites is 1. The Bertz CT molecular complexity index is 1240. The molecule has 1 aliphatic heterocycles. The minimum absolute atomic E-state index is 0.0239. The number of amides is 1. The molecule has 1 saturated carbocycles. The number of H-pyrrole nitrogens is 1. The van der Waals surface area contributed by atoms with Gasteiger partial charge < -0.3 is 19.7 Å². The molecule has 2 heterocycles. The molecule has 6 nitrogen and oxygen atoms in total. The zero-order valence-electron chi connectivity index (χ0n) is 18.7. The average Bonchev–Trinajstić information content (AvgIpc) is 3.39. The van der Waals surface area contributed by atoms with Crippen molar-refractivity contribution in [2.45, 2.75) is 51.1 Å². The molecule has 2 N–H and O–H groups in total. The monoisotopic (exact) mass is 444 g/mol. The van der Waals surface area contributed by atoms with Crippen LogP contribution in [0.2, 0.25) is 0 Å². The van der Waals surface area contributed by atoms with E-state index in [4.69, 9.17) is 4.74 Å². The maximum absolute atomic E-state index is 13.4. The van der Waals surface area contributed by atoms with Crippen LogP contribution in [0.25, 0.3) is 16.7 Å². The number of carbonyl (C=O) groups is 2. The molecule has 1 atom stereocenters. The molecule has 2 fully saturated rings. The summed E-state index contributed by atoms with van der Waals surface area (Å²) >= 11 is 0. The standard InChI is InChI=1S/C27H28N2O4/c1-2-33-19-12-8-9-17(15-19)24-23(25(30)21-16-28-22-14-7-6-13-20(21)22)26(31)27(32)29(24)18-10-4-3-5-11-18/h6-9,12-16,18,24,28,30H,2-5,10-11H2,1H3/b25-23-. The summed E-state index contributed by atoms with van der Waals surface area (Å²) in [5.74, 6) is -0.627. The van der Waals surface area contributed by atoms with Crippen molar-refractivity contribution in [1.29, 1.82) is 0 Å². The highest BCUT2D eigenvalue weighted by atomic mass is 16.5. The van der Waals surface area contributed by atoms with Gasteiger partial charge in [-0.3, -0.25) is 9.59 Å². The van der Waals surface area contributed by atoms with Crippen LogP contribution in [0.3, 0.4) is 0 Å². The molecule has 2 aliphatic rings. The summed E-state index contributed by atoms with van der Waals surface area (Å²) in [6, 6.07) is 14.4. The first-order valence-electron chi connectivity index (χ1n) is 11.7. The van der Waals surface area contributed by atoms with E-state index >= 15 is 0 Å². The summed E-state index contributed by atoms with van der Waals surface area (Å²) in [6.45, 7) is 2.43. The van der Waals surface area contributed by atoms with Crippen molar-refractivity contribution in [3.05, 3.63) is 71.4 Å². The fourth-order valence-electron chi connectivity index (χ4n) is 5.27. The second-order valence-electron chi connectivity index (χ2n) is 8.75. The minimum atomic E-state index is -0.651. The molecule has 170 valence electrons. The Balaban J connectivity index is 1.69. The molecule has 1 aromatic heterocycles. The van der Waals surface area contributed by atoms with Crippen LogP contribution in [0.1, 0.15) is 56.2 Å². The van der Waals surface area contributed by atoms with E-state index in [-0.39, 0.29) is 17.4 Å². The number of hydrogen-bond donors (Lipinski definition) is 2. The first-order chi connectivity index (χ1) is 16.1. The molecule has 0 spiro atoms. The van der Waals surface area contributed by atoms with Crippen molar-refractivity contribution < 1.29 is 19.4 Å². The van der Waals surface area contributed by atoms with Crippen molar-refractivity contribution in [1.82, 2.24) is 9.88 Å². The van der Waals surface area contributed by atoms with Gasteiger partial charge in [-0.25, -0.2) is 0 Å². The normalized spacial score (nSPS) is 21.1. The molecular weight excluding hydrogens is 416 g/mol. The van der Waals surface area contributed by atoms with Gasteiger partial charge in [0.05, 0.1) is 18.2 Å². The van der Waals surface area contributed by atoms with E-state index in [1.165, 1.54) is 0 Å². The second kappa shape index (κ2) is 8.77. The van der Waals surface area contributed by atoms with Gasteiger partial charge in [0.15, 0.2) is 0 Å². The van der Waals surface area contributed by atoms with Gasteiger partial charge in [0, 0.05) is 28.7 Å². The predicted octanol–water partition coefficient (Wildman–Crippen LogP) is 5.32. The highest BCUT2D eigenvalue weighted by Crippen LogP contribution is 2.44. The molecule has 0 radical (unpaired) electrons. The number of aliphatic hydroxyl groups is 1. The first kappa shape index (κ1) is 21.3. The topological polar surface area (TPSA) is 82.6 Å². The van der Waals surface area contributed by atoms with Gasteiger partial charge in [-0.1, -0.05) is 49.6 Å². The lowest BCUT2D eigenvalue weighted by molar-refractivity contribution is -0.141. The van der Waals surface area contributed by atoms with Gasteiger partial charge in [0.25, 0.3) is 11.7 Å². The van der Waals surface area contributed by atoms with Gasteiger partial charge in [0.1, 0.15) is 11.5 Å². The number of carbonyl (C=O) groups excluding carboxylic acids is 2. The molecule has 2 aromatic carbocycles. The molecule has 3 aromatic rings. The molecule has 1 aliphatic carbocycles. The number of aromatic nitrogens is 1. The first-order valence-corrected chi connectivity index (χ1v) is 11.7. The molecular formula is C27H28N2O4. The van der Waals surface area contributed by atoms with E-state index in [0.29, 0.717) is 17.9 Å². The van der Waals surface area contributed by atoms with Crippen molar-refractivity contribution >= 4 is 28.4 Å². The van der Waals surface area contributed by atoms with Crippen molar-refractivity contribution in [2.75, 3.05) is 6.61 Å². The predicted molar refractivity (Wildman–Crippen MR) is 127 cm³/mol. The van der Waals surface area contributed by atoms with Crippen LogP contribution in [-0.2, 0) is 9.59 Å². The van der Waals surface area contributed by atoms with Crippen molar-refractivity contribution in [2.24, 2.45) is 0 Å². The van der Waals surface area contributed by atoms with Crippen LogP contribution >= 0.6 is 0 Å². The van der Waals surface area contributed by atoms with Crippen LogP contribution < -0.4 is 4.74 Å². The third-order valence-electron chi connectivity index (χ3n) is 6.78. The maximum Gasteiger partial charge on any atom is 0.295 e. The fraction of sp³-hybridized carbons (Fsp3) is 0.333. The van der Waals surface area contributed by atoms with Gasteiger partial charge in [-0.15, -0.1) is 0 Å². The Hall–Kier alpha value is -3.54. The van der Waals surface area contributed by atoms with Gasteiger partial charge in [-0.2, -0.15) is 0 Å². The minimum Gasteiger partial charge on any atom is -0.507 e. The second-order valence-corrected chi connectivity index (χ2v) is 8.75. The number of nitrogens with one attached hydrogen (secondary N) is 1. The lowest BCUT2D eigenvalue weighted by Crippen LogP contribution is -2.40. The van der Waals surface area contributed by atoms with E-state index in [1.807, 2.05) is 55.5 Å². The number of Topliss-reactive ketones (excluding diaryl/α,β-unsaturated/α-hetero) is 1. The quantitative estimate of drug-likeness (QED) is 0.317. The number of aliphatic hydroxyl groups excluding tert-OH is 1. The number of likely N-dealkylation sites (tertiary alicyclic amines) is 1. The van der Waals surface area contributed by atoms with Crippen molar-refractivity contribution in [3.8, 4) is 5.75 Å². The highest BCUT2D eigenvalue weighted by molar-refractivity contribution is 6.46. The van der Waals surface area contributed by atoms with E-state index in [2.05, 4.69) is 4.98 Å². The van der Waals surface area contributed by atoms with E-state index in [0.717, 1.165) is 48.6 Å². The van der Waals surface area contributed by atoms with Gasteiger partial charge in [0.2, 0.25) is 0 Å². The summed E-state index contributed by atoms with van der Waals surface area (Å²) in [5, 5.41) is 12.3. The van der Waals surface area contributed by atoms with Crippen LogP contribution in [0.15, 0.2) is 60.3 Å². The molecule has 0 bridgehead atoms. The summed E-state index contributed by atoms with van der Waals surface area (Å²) in [4.78, 5) is 31.6. The molecule has 33 heavy (non-hydrogen) atoms. The Morgan fingerprint density at radius 1 is 1.09 bits per heavy atom. The summed E-state index contributed by atoms with van der Waals surface area (Å²) < 4.78 is 5.69. The lowest BCUT2D eigenvalue weighted by Gasteiger charge is -2.35. The Kier molecular flexibility index (Phi) is 5.67. The smallest absolute Gasteiger partial charge is 0.295 e. The number of rotatable bonds is 5. The number of aromatic amines is 1. The highest BCUT2D eigenvalue weighted by Gasteiger charge is 2.49. The number of ether oxygens (including phenoxy) is 1. The summed E-state index contributed by atoms with van der Waals surface area (Å²) in [5.41, 5.74) is 2.30. The van der Waals surface area contributed by atoms with Gasteiger partial charge >= 0.3 is 0 Å². The number of hydrogen-bond acceptors (Lipinski definition) is 4. The van der Waals surface area contributed by atoms with Crippen LogP contribution in [0.5, 0.6) is 5.75 Å². The Morgan fingerprint density at radius 2 is 1.88 bits per heavy atom. The number of benzene rings is 2. The third-order valence-corrected chi connectivity index (χ3v) is 6.78. The van der Waals surface area contributed by atoms with Crippen LogP contribution in [0, 0.1) is 0 Å². The Morgan fingerprint density at radius 3 is 2.67 bits per heavy atom. The largest absolute Gasteiger partial charge is 0.507 e. The maximum atomic E-state index is 13.4. The zero-order chi connectivity index (χ0) is 22.9.